The Labute approximate surface area is 218 Å². The second kappa shape index (κ2) is 9.52. The number of H-pyrrole nitrogens is 1. The van der Waals surface area contributed by atoms with Crippen molar-refractivity contribution >= 4 is 39.7 Å². The van der Waals surface area contributed by atoms with Crippen molar-refractivity contribution in [3.63, 3.8) is 0 Å². The van der Waals surface area contributed by atoms with Crippen LogP contribution in [0, 0.1) is 6.92 Å². The molecule has 1 fully saturated rings. The standard InChI is InChI=1S/C29H25ClN4OS/c1-18-6-8-20(9-7-18)27-25(19-10-12-22(30)13-11-19)31-28(36-27)21-14-16-34(17-15-21)29(35)26-23-4-2-3-5-24(23)32-33-26/h2-13,21H,14-17H2,1H3,(H,32,33). The zero-order chi connectivity index (χ0) is 24.6. The maximum absolute atomic E-state index is 13.2. The lowest BCUT2D eigenvalue weighted by molar-refractivity contribution is 0.0709. The molecule has 1 aliphatic rings. The van der Waals surface area contributed by atoms with Gasteiger partial charge in [-0.05, 0) is 43.5 Å². The highest BCUT2D eigenvalue weighted by Gasteiger charge is 2.29. The predicted molar refractivity (Wildman–Crippen MR) is 147 cm³/mol. The van der Waals surface area contributed by atoms with E-state index in [0.717, 1.165) is 40.0 Å². The van der Waals surface area contributed by atoms with E-state index in [2.05, 4.69) is 41.4 Å². The Hall–Kier alpha value is -3.48. The number of hydrogen-bond donors (Lipinski definition) is 1. The first kappa shape index (κ1) is 23.0. The molecule has 3 aromatic carbocycles. The maximum Gasteiger partial charge on any atom is 0.274 e. The normalized spacial score (nSPS) is 14.4. The summed E-state index contributed by atoms with van der Waals surface area (Å²) in [5, 5.41) is 10.0. The van der Waals surface area contributed by atoms with Crippen LogP contribution in [0.3, 0.4) is 0 Å². The Morgan fingerprint density at radius 1 is 0.972 bits per heavy atom. The maximum atomic E-state index is 13.2. The van der Waals surface area contributed by atoms with E-state index in [4.69, 9.17) is 16.6 Å². The minimum absolute atomic E-state index is 0.00719. The summed E-state index contributed by atoms with van der Waals surface area (Å²) in [6.45, 7) is 3.49. The molecule has 36 heavy (non-hydrogen) atoms. The van der Waals surface area contributed by atoms with E-state index in [1.54, 1.807) is 11.3 Å². The van der Waals surface area contributed by atoms with Crippen molar-refractivity contribution in [3.05, 3.63) is 94.1 Å². The second-order valence-corrected chi connectivity index (χ2v) is 10.8. The summed E-state index contributed by atoms with van der Waals surface area (Å²) in [5.74, 6) is 0.312. The molecular weight excluding hydrogens is 488 g/mol. The fourth-order valence-corrected chi connectivity index (χ4v) is 6.21. The molecule has 3 heterocycles. The first-order valence-electron chi connectivity index (χ1n) is 12.1. The van der Waals surface area contributed by atoms with Crippen LogP contribution in [0.15, 0.2) is 72.8 Å². The van der Waals surface area contributed by atoms with Crippen LogP contribution in [-0.4, -0.2) is 39.1 Å². The van der Waals surface area contributed by atoms with E-state index in [1.807, 2.05) is 53.4 Å². The van der Waals surface area contributed by atoms with Crippen LogP contribution in [0.1, 0.15) is 39.8 Å². The van der Waals surface area contributed by atoms with E-state index >= 15 is 0 Å². The minimum atomic E-state index is -0.00719. The van der Waals surface area contributed by atoms with Crippen LogP contribution in [0.2, 0.25) is 5.02 Å². The lowest BCUT2D eigenvalue weighted by Gasteiger charge is -2.30. The predicted octanol–water partition coefficient (Wildman–Crippen LogP) is 7.34. The zero-order valence-corrected chi connectivity index (χ0v) is 21.4. The number of hydrogen-bond acceptors (Lipinski definition) is 4. The summed E-state index contributed by atoms with van der Waals surface area (Å²) in [4.78, 5) is 21.5. The van der Waals surface area contributed by atoms with Crippen LogP contribution in [0.5, 0.6) is 0 Å². The Morgan fingerprint density at radius 2 is 1.67 bits per heavy atom. The summed E-state index contributed by atoms with van der Waals surface area (Å²) in [7, 11) is 0. The van der Waals surface area contributed by atoms with Crippen molar-refractivity contribution in [2.45, 2.75) is 25.7 Å². The molecule has 0 aliphatic carbocycles. The highest BCUT2D eigenvalue weighted by atomic mass is 35.5. The first-order valence-corrected chi connectivity index (χ1v) is 13.3. The van der Waals surface area contributed by atoms with Gasteiger partial charge in [-0.1, -0.05) is 71.8 Å². The van der Waals surface area contributed by atoms with E-state index in [0.29, 0.717) is 29.7 Å². The molecule has 5 aromatic rings. The van der Waals surface area contributed by atoms with Gasteiger partial charge in [0.1, 0.15) is 0 Å². The third-order valence-corrected chi connectivity index (χ3v) is 8.40. The van der Waals surface area contributed by atoms with E-state index < -0.39 is 0 Å². The van der Waals surface area contributed by atoms with Crippen LogP contribution >= 0.6 is 22.9 Å². The molecule has 7 heteroatoms. The molecule has 0 saturated carbocycles. The number of carbonyl (C=O) groups is 1. The van der Waals surface area contributed by atoms with Crippen molar-refractivity contribution in [1.29, 1.82) is 0 Å². The number of amides is 1. The van der Waals surface area contributed by atoms with Gasteiger partial charge in [-0.2, -0.15) is 5.10 Å². The van der Waals surface area contributed by atoms with E-state index in [9.17, 15) is 4.79 Å². The Bertz CT molecular complexity index is 1470. The van der Waals surface area contributed by atoms with Crippen molar-refractivity contribution in [2.75, 3.05) is 13.1 Å². The molecule has 1 aliphatic heterocycles. The zero-order valence-electron chi connectivity index (χ0n) is 19.9. The minimum Gasteiger partial charge on any atom is -0.337 e. The molecule has 0 bridgehead atoms. The number of likely N-dealkylation sites (tertiary alicyclic amines) is 1. The summed E-state index contributed by atoms with van der Waals surface area (Å²) in [6, 6.07) is 24.3. The number of aromatic amines is 1. The summed E-state index contributed by atoms with van der Waals surface area (Å²) in [6.07, 6.45) is 1.77. The number of nitrogens with one attached hydrogen (secondary N) is 1. The number of aryl methyl sites for hydroxylation is 1. The Kier molecular flexibility index (Phi) is 6.07. The van der Waals surface area contributed by atoms with Crippen molar-refractivity contribution in [3.8, 4) is 21.7 Å². The summed E-state index contributed by atoms with van der Waals surface area (Å²) >= 11 is 7.92. The van der Waals surface area contributed by atoms with Gasteiger partial charge in [-0.15, -0.1) is 11.3 Å². The monoisotopic (exact) mass is 512 g/mol. The van der Waals surface area contributed by atoms with Gasteiger partial charge in [0.25, 0.3) is 5.91 Å². The molecule has 0 unspecified atom stereocenters. The van der Waals surface area contributed by atoms with Gasteiger partial charge in [0, 0.05) is 35.0 Å². The topological polar surface area (TPSA) is 61.9 Å². The Morgan fingerprint density at radius 3 is 2.42 bits per heavy atom. The fraction of sp³-hybridized carbons (Fsp3) is 0.207. The van der Waals surface area contributed by atoms with Gasteiger partial charge in [0.15, 0.2) is 5.69 Å². The number of thiazole rings is 1. The number of piperidine rings is 1. The number of rotatable bonds is 4. The van der Waals surface area contributed by atoms with Crippen molar-refractivity contribution in [1.82, 2.24) is 20.1 Å². The van der Waals surface area contributed by atoms with E-state index in [1.165, 1.54) is 16.0 Å². The highest BCUT2D eigenvalue weighted by molar-refractivity contribution is 7.15. The number of carbonyl (C=O) groups excluding carboxylic acids is 1. The van der Waals surface area contributed by atoms with Gasteiger partial charge in [-0.25, -0.2) is 4.98 Å². The quantitative estimate of drug-likeness (QED) is 0.274. The molecule has 180 valence electrons. The van der Waals surface area contributed by atoms with Crippen molar-refractivity contribution in [2.24, 2.45) is 0 Å². The number of fused-ring (bicyclic) bond motifs is 1. The number of halogens is 1. The molecule has 0 atom stereocenters. The molecule has 6 rings (SSSR count). The summed E-state index contributed by atoms with van der Waals surface area (Å²) < 4.78 is 0. The SMILES string of the molecule is Cc1ccc(-c2sc(C3CCN(C(=O)c4n[nH]c5ccccc45)CC3)nc2-c2ccc(Cl)cc2)cc1. The van der Waals surface area contributed by atoms with E-state index in [-0.39, 0.29) is 5.91 Å². The summed E-state index contributed by atoms with van der Waals surface area (Å²) in [5.41, 5.74) is 5.86. The van der Waals surface area contributed by atoms with Gasteiger partial charge in [-0.3, -0.25) is 9.89 Å². The van der Waals surface area contributed by atoms with Crippen LogP contribution < -0.4 is 0 Å². The lowest BCUT2D eigenvalue weighted by atomic mass is 9.97. The smallest absolute Gasteiger partial charge is 0.274 e. The average Bonchev–Trinajstić information content (AvgIpc) is 3.55. The molecular formula is C29H25ClN4OS. The van der Waals surface area contributed by atoms with Crippen molar-refractivity contribution < 1.29 is 4.79 Å². The Balaban J connectivity index is 1.26. The van der Waals surface area contributed by atoms with Crippen LogP contribution in [0.4, 0.5) is 0 Å². The largest absolute Gasteiger partial charge is 0.337 e. The van der Waals surface area contributed by atoms with Crippen LogP contribution in [-0.2, 0) is 0 Å². The third-order valence-electron chi connectivity index (χ3n) is 6.88. The number of para-hydroxylation sites is 1. The highest BCUT2D eigenvalue weighted by Crippen LogP contribution is 2.42. The lowest BCUT2D eigenvalue weighted by Crippen LogP contribution is -2.38. The molecule has 0 spiro atoms. The third kappa shape index (κ3) is 4.31. The van der Waals surface area contributed by atoms with Gasteiger partial charge in [0.05, 0.1) is 21.1 Å². The average molecular weight is 513 g/mol. The number of nitrogens with zero attached hydrogens (tertiary/aromatic N) is 3. The number of benzene rings is 3. The molecule has 1 amide bonds. The molecule has 5 nitrogen and oxygen atoms in total. The molecule has 0 radical (unpaired) electrons. The van der Waals surface area contributed by atoms with Gasteiger partial charge < -0.3 is 4.90 Å². The van der Waals surface area contributed by atoms with Gasteiger partial charge in [0.2, 0.25) is 0 Å². The fourth-order valence-electron chi connectivity index (χ4n) is 4.82. The molecule has 1 N–H and O–H groups in total. The molecule has 1 saturated heterocycles. The molecule has 2 aromatic heterocycles. The number of aromatic nitrogens is 3. The second-order valence-electron chi connectivity index (χ2n) is 9.29. The van der Waals surface area contributed by atoms with Gasteiger partial charge >= 0.3 is 0 Å². The van der Waals surface area contributed by atoms with Crippen LogP contribution in [0.25, 0.3) is 32.6 Å². The first-order chi connectivity index (χ1) is 17.6.